The average molecular weight is 381 g/mol. The molecule has 0 saturated heterocycles. The first-order valence-electron chi connectivity index (χ1n) is 7.54. The molecular weight excluding hydrogens is 367 g/mol. The summed E-state index contributed by atoms with van der Waals surface area (Å²) in [6.45, 7) is 3.62. The summed E-state index contributed by atoms with van der Waals surface area (Å²) in [5.41, 5.74) is 0.229. The van der Waals surface area contributed by atoms with E-state index in [1.807, 2.05) is 6.92 Å². The number of benzene rings is 1. The predicted octanol–water partition coefficient (Wildman–Crippen LogP) is 3.49. The van der Waals surface area contributed by atoms with Gasteiger partial charge in [0.05, 0.1) is 17.0 Å². The zero-order valence-electron chi connectivity index (χ0n) is 13.8. The summed E-state index contributed by atoms with van der Waals surface area (Å²) in [5, 5.41) is 10.8. The number of rotatable bonds is 4. The van der Waals surface area contributed by atoms with Crippen LogP contribution in [0.3, 0.4) is 0 Å². The zero-order valence-corrected chi connectivity index (χ0v) is 14.6. The summed E-state index contributed by atoms with van der Waals surface area (Å²) in [7, 11) is 0. The smallest absolute Gasteiger partial charge is 0.325 e. The number of aryl methyl sites for hydroxylation is 2. The third-order valence-corrected chi connectivity index (χ3v) is 4.43. The van der Waals surface area contributed by atoms with Crippen LogP contribution < -0.4 is 5.32 Å². The molecule has 0 aliphatic rings. The number of amides is 1. The molecule has 0 aliphatic carbocycles. The molecule has 2 aromatic heterocycles. The fraction of sp³-hybridized carbons (Fsp3) is 0.250. The minimum Gasteiger partial charge on any atom is -0.325 e. The maximum atomic E-state index is 13.0. The lowest BCUT2D eigenvalue weighted by atomic mass is 10.1. The lowest BCUT2D eigenvalue weighted by Gasteiger charge is -2.13. The van der Waals surface area contributed by atoms with Crippen molar-refractivity contribution >= 4 is 29.0 Å². The highest BCUT2D eigenvalue weighted by molar-refractivity contribution is 7.99. The summed E-state index contributed by atoms with van der Waals surface area (Å²) in [6.07, 6.45) is -4.54. The highest BCUT2D eigenvalue weighted by Crippen LogP contribution is 2.34. The fourth-order valence-corrected chi connectivity index (χ4v) is 3.24. The van der Waals surface area contributed by atoms with Crippen LogP contribution >= 0.6 is 11.8 Å². The molecule has 1 N–H and O–H groups in total. The molecule has 0 atom stereocenters. The lowest BCUT2D eigenvalue weighted by Crippen LogP contribution is -2.18. The van der Waals surface area contributed by atoms with Gasteiger partial charge in [-0.2, -0.15) is 13.2 Å². The predicted molar refractivity (Wildman–Crippen MR) is 91.1 cm³/mol. The number of carbonyl (C=O) groups is 1. The number of alkyl halides is 3. The van der Waals surface area contributed by atoms with E-state index in [1.165, 1.54) is 18.2 Å². The minimum atomic E-state index is -4.54. The number of aromatic nitrogens is 4. The van der Waals surface area contributed by atoms with Crippen LogP contribution in [0.1, 0.15) is 17.1 Å². The number of halogens is 3. The Morgan fingerprint density at radius 2 is 1.96 bits per heavy atom. The lowest BCUT2D eigenvalue weighted by molar-refractivity contribution is -0.137. The minimum absolute atomic E-state index is 0.111. The molecule has 0 fully saturated rings. The molecule has 1 amide bonds. The molecule has 0 spiro atoms. The van der Waals surface area contributed by atoms with Crippen molar-refractivity contribution in [1.29, 1.82) is 0 Å². The standard InChI is InChI=1S/C16H14F3N5OS/c1-9-7-13-22-23-15(24(13)10(2)20-9)26-8-14(25)21-12-6-4-3-5-11(12)16(17,18)19/h3-7H,8H2,1-2H3,(H,21,25). The molecule has 136 valence electrons. The highest BCUT2D eigenvalue weighted by Gasteiger charge is 2.33. The van der Waals surface area contributed by atoms with Gasteiger partial charge in [0.15, 0.2) is 10.8 Å². The first kappa shape index (κ1) is 18.2. The van der Waals surface area contributed by atoms with E-state index in [-0.39, 0.29) is 11.4 Å². The van der Waals surface area contributed by atoms with Crippen LogP contribution in [-0.2, 0) is 11.0 Å². The van der Waals surface area contributed by atoms with Gasteiger partial charge in [-0.15, -0.1) is 10.2 Å². The van der Waals surface area contributed by atoms with Crippen LogP contribution in [0.4, 0.5) is 18.9 Å². The number of hydrogen-bond donors (Lipinski definition) is 1. The van der Waals surface area contributed by atoms with E-state index in [0.29, 0.717) is 16.6 Å². The quantitative estimate of drug-likeness (QED) is 0.701. The molecule has 0 bridgehead atoms. The van der Waals surface area contributed by atoms with Crippen LogP contribution in [0.2, 0.25) is 0 Å². The summed E-state index contributed by atoms with van der Waals surface area (Å²) in [5.74, 6) is -0.0168. The number of fused-ring (bicyclic) bond motifs is 1. The van der Waals surface area contributed by atoms with E-state index < -0.39 is 17.6 Å². The average Bonchev–Trinajstić information content (AvgIpc) is 2.95. The Bertz CT molecular complexity index is 970. The SMILES string of the molecule is Cc1cc2nnc(SCC(=O)Nc3ccccc3C(F)(F)F)n2c(C)n1. The van der Waals surface area contributed by atoms with E-state index >= 15 is 0 Å². The molecule has 0 radical (unpaired) electrons. The molecule has 3 rings (SSSR count). The van der Waals surface area contributed by atoms with Gasteiger partial charge in [0.25, 0.3) is 0 Å². The van der Waals surface area contributed by atoms with E-state index in [0.717, 1.165) is 23.5 Å². The van der Waals surface area contributed by atoms with Crippen LogP contribution in [0.15, 0.2) is 35.5 Å². The van der Waals surface area contributed by atoms with Crippen molar-refractivity contribution in [2.24, 2.45) is 0 Å². The summed E-state index contributed by atoms with van der Waals surface area (Å²) < 4.78 is 40.6. The molecule has 26 heavy (non-hydrogen) atoms. The number of nitrogens with zero attached hydrogens (tertiary/aromatic N) is 4. The molecule has 10 heteroatoms. The van der Waals surface area contributed by atoms with Crippen molar-refractivity contribution in [3.8, 4) is 0 Å². The van der Waals surface area contributed by atoms with Crippen molar-refractivity contribution in [3.05, 3.63) is 47.4 Å². The Morgan fingerprint density at radius 3 is 2.69 bits per heavy atom. The van der Waals surface area contributed by atoms with Gasteiger partial charge in [-0.05, 0) is 26.0 Å². The van der Waals surface area contributed by atoms with Crippen molar-refractivity contribution in [3.63, 3.8) is 0 Å². The Kier molecular flexibility index (Phi) is 4.86. The van der Waals surface area contributed by atoms with Gasteiger partial charge < -0.3 is 5.32 Å². The van der Waals surface area contributed by atoms with Gasteiger partial charge in [0.2, 0.25) is 5.91 Å². The number of anilines is 1. The van der Waals surface area contributed by atoms with Crippen molar-refractivity contribution < 1.29 is 18.0 Å². The number of nitrogens with one attached hydrogen (secondary N) is 1. The highest BCUT2D eigenvalue weighted by atomic mass is 32.2. The normalized spacial score (nSPS) is 11.7. The van der Waals surface area contributed by atoms with Gasteiger partial charge in [0.1, 0.15) is 5.82 Å². The van der Waals surface area contributed by atoms with Gasteiger partial charge in [-0.25, -0.2) is 4.98 Å². The maximum Gasteiger partial charge on any atom is 0.418 e. The molecule has 0 aliphatic heterocycles. The largest absolute Gasteiger partial charge is 0.418 e. The zero-order chi connectivity index (χ0) is 18.9. The molecule has 3 aromatic rings. The van der Waals surface area contributed by atoms with E-state index in [2.05, 4.69) is 20.5 Å². The summed E-state index contributed by atoms with van der Waals surface area (Å²) in [6, 6.07) is 6.60. The van der Waals surface area contributed by atoms with E-state index in [1.54, 1.807) is 17.4 Å². The summed E-state index contributed by atoms with van der Waals surface area (Å²) in [4.78, 5) is 16.4. The van der Waals surface area contributed by atoms with Crippen molar-refractivity contribution in [1.82, 2.24) is 19.6 Å². The van der Waals surface area contributed by atoms with Crippen LogP contribution in [0.25, 0.3) is 5.65 Å². The first-order chi connectivity index (χ1) is 12.3. The maximum absolute atomic E-state index is 13.0. The Balaban J connectivity index is 1.73. The molecule has 0 saturated carbocycles. The summed E-state index contributed by atoms with van der Waals surface area (Å²) >= 11 is 1.07. The van der Waals surface area contributed by atoms with Gasteiger partial charge in [0, 0.05) is 11.8 Å². The van der Waals surface area contributed by atoms with E-state index in [9.17, 15) is 18.0 Å². The molecule has 6 nitrogen and oxygen atoms in total. The molecule has 1 aromatic carbocycles. The van der Waals surface area contributed by atoms with Gasteiger partial charge >= 0.3 is 6.18 Å². The monoisotopic (exact) mass is 381 g/mol. The number of thioether (sulfide) groups is 1. The third-order valence-electron chi connectivity index (χ3n) is 3.50. The van der Waals surface area contributed by atoms with E-state index in [4.69, 9.17) is 0 Å². The van der Waals surface area contributed by atoms with Gasteiger partial charge in [-0.1, -0.05) is 23.9 Å². The number of hydrogen-bond acceptors (Lipinski definition) is 5. The molecule has 2 heterocycles. The Hall–Kier alpha value is -2.62. The second kappa shape index (κ2) is 6.94. The van der Waals surface area contributed by atoms with Crippen molar-refractivity contribution in [2.75, 3.05) is 11.1 Å². The topological polar surface area (TPSA) is 72.2 Å². The molecule has 0 unspecified atom stereocenters. The molecular formula is C16H14F3N5OS. The number of para-hydroxylation sites is 1. The van der Waals surface area contributed by atoms with Crippen molar-refractivity contribution in [2.45, 2.75) is 25.2 Å². The van der Waals surface area contributed by atoms with Crippen LogP contribution in [0.5, 0.6) is 0 Å². The second-order valence-corrected chi connectivity index (χ2v) is 6.44. The van der Waals surface area contributed by atoms with Crippen LogP contribution in [-0.4, -0.2) is 31.2 Å². The fourth-order valence-electron chi connectivity index (χ4n) is 2.45. The second-order valence-electron chi connectivity index (χ2n) is 5.50. The first-order valence-corrected chi connectivity index (χ1v) is 8.52. The number of carbonyl (C=O) groups excluding carboxylic acids is 1. The van der Waals surface area contributed by atoms with Crippen LogP contribution in [0, 0.1) is 13.8 Å². The Labute approximate surface area is 150 Å². The third kappa shape index (κ3) is 3.79. The van der Waals surface area contributed by atoms with Gasteiger partial charge in [-0.3, -0.25) is 9.20 Å². The Morgan fingerprint density at radius 1 is 1.23 bits per heavy atom.